The van der Waals surface area contributed by atoms with E-state index in [1.54, 1.807) is 16.9 Å². The van der Waals surface area contributed by atoms with E-state index in [9.17, 15) is 4.79 Å². The van der Waals surface area contributed by atoms with Gasteiger partial charge < -0.3 is 4.42 Å². The number of aliphatic hydroxyl groups excluding tert-OH is 1. The topological polar surface area (TPSA) is 104 Å². The zero-order chi connectivity index (χ0) is 24.6. The molecular formula is C27H30AsN3O4. The molecular weight excluding hydrogens is 505 g/mol. The number of nitrogens with two attached hydrogens (primary N) is 1. The normalized spacial score (nSPS) is 11.9. The number of hydrogen-bond acceptors (Lipinski definition) is 6. The maximum absolute atomic E-state index is 12.8. The van der Waals surface area contributed by atoms with Crippen LogP contribution >= 0.6 is 0 Å². The van der Waals surface area contributed by atoms with Crippen LogP contribution in [0.1, 0.15) is 11.3 Å². The number of aryl methyl sites for hydroxylation is 2. The average Bonchev–Trinajstić information content (AvgIpc) is 3.41. The fourth-order valence-electron chi connectivity index (χ4n) is 3.86. The number of hydrogen-bond donors (Lipinski definition) is 2. The van der Waals surface area contributed by atoms with Crippen LogP contribution in [0.2, 0.25) is 10.9 Å². The Hall–Kier alpha value is -3.28. The molecule has 4 rings (SSSR count). The first kappa shape index (κ1) is 24.8. The summed E-state index contributed by atoms with van der Waals surface area (Å²) in [6.45, 7) is 0.840. The van der Waals surface area contributed by atoms with Gasteiger partial charge in [-0.2, -0.15) is 0 Å². The minimum atomic E-state index is -1.34. The van der Waals surface area contributed by atoms with Crippen molar-refractivity contribution in [2.45, 2.75) is 30.3 Å². The van der Waals surface area contributed by atoms with Gasteiger partial charge in [0, 0.05) is 0 Å². The summed E-state index contributed by atoms with van der Waals surface area (Å²) in [5.41, 5.74) is 11.2. The quantitative estimate of drug-likeness (QED) is 0.286. The Labute approximate surface area is 209 Å². The van der Waals surface area contributed by atoms with E-state index < -0.39 is 14.7 Å². The SMILES string of the molecule is C[As](CCn1c(N)nc(CCc2cccc(-c3ccco3)c2)cc1=O)c1ccc(OCCO)cc1. The standard InChI is InChI=1S/C27H30AsN3O4/c1-28(22-8-11-24(12-9-22)34-17-15-32)13-14-31-26(33)19-23(30-27(31)29)10-7-20-4-2-5-21(18-20)25-6-3-16-35-25/h2-6,8-9,11-12,16,18-19,32H,7,10,13-15,17H2,1H3,(H2,29,30). The molecule has 1 unspecified atom stereocenters. The molecule has 35 heavy (non-hydrogen) atoms. The molecule has 0 aliphatic carbocycles. The zero-order valence-corrected chi connectivity index (χ0v) is 21.6. The molecule has 0 saturated heterocycles. The minimum absolute atomic E-state index is 0.00465. The van der Waals surface area contributed by atoms with E-state index in [0.29, 0.717) is 18.7 Å². The van der Waals surface area contributed by atoms with Crippen molar-refractivity contribution < 1.29 is 14.3 Å². The van der Waals surface area contributed by atoms with Crippen LogP contribution in [0.3, 0.4) is 0 Å². The van der Waals surface area contributed by atoms with Crippen molar-refractivity contribution in [1.29, 1.82) is 0 Å². The number of nitrogens with zero attached hydrogens (tertiary/aromatic N) is 2. The van der Waals surface area contributed by atoms with Crippen LogP contribution < -0.4 is 20.4 Å². The van der Waals surface area contributed by atoms with Crippen LogP contribution in [0.5, 0.6) is 5.75 Å². The molecule has 2 aromatic carbocycles. The first-order chi connectivity index (χ1) is 17.0. The van der Waals surface area contributed by atoms with Crippen LogP contribution in [0.4, 0.5) is 5.95 Å². The summed E-state index contributed by atoms with van der Waals surface area (Å²) in [5.74, 6) is 1.85. The third-order valence-electron chi connectivity index (χ3n) is 5.79. The van der Waals surface area contributed by atoms with Gasteiger partial charge in [0.2, 0.25) is 0 Å². The van der Waals surface area contributed by atoms with Crippen molar-refractivity contribution in [1.82, 2.24) is 9.55 Å². The molecule has 7 nitrogen and oxygen atoms in total. The Morgan fingerprint density at radius 3 is 2.63 bits per heavy atom. The number of aromatic nitrogens is 2. The van der Waals surface area contributed by atoms with E-state index in [2.05, 4.69) is 35.0 Å². The van der Waals surface area contributed by atoms with Crippen molar-refractivity contribution in [3.63, 3.8) is 0 Å². The van der Waals surface area contributed by atoms with Crippen molar-refractivity contribution in [3.05, 3.63) is 94.6 Å². The monoisotopic (exact) mass is 535 g/mol. The van der Waals surface area contributed by atoms with E-state index in [1.165, 1.54) is 4.35 Å². The second-order valence-corrected chi connectivity index (χ2v) is 13.2. The molecule has 8 heteroatoms. The Morgan fingerprint density at radius 2 is 1.91 bits per heavy atom. The number of furan rings is 1. The zero-order valence-electron chi connectivity index (χ0n) is 19.8. The molecule has 0 fully saturated rings. The van der Waals surface area contributed by atoms with Gasteiger partial charge in [-0.15, -0.1) is 0 Å². The van der Waals surface area contributed by atoms with E-state index in [-0.39, 0.29) is 24.7 Å². The molecule has 0 saturated carbocycles. The molecule has 0 radical (unpaired) electrons. The van der Waals surface area contributed by atoms with Gasteiger partial charge in [-0.1, -0.05) is 0 Å². The number of benzene rings is 2. The van der Waals surface area contributed by atoms with Crippen molar-refractivity contribution in [2.75, 3.05) is 18.9 Å². The second kappa shape index (κ2) is 11.9. The van der Waals surface area contributed by atoms with Crippen LogP contribution in [-0.2, 0) is 19.4 Å². The molecule has 0 aliphatic heterocycles. The molecule has 2 heterocycles. The fourth-order valence-corrected chi connectivity index (χ4v) is 6.83. The molecule has 0 spiro atoms. The van der Waals surface area contributed by atoms with Gasteiger partial charge >= 0.3 is 187 Å². The second-order valence-electron chi connectivity index (χ2n) is 8.26. The van der Waals surface area contributed by atoms with Crippen LogP contribution in [-0.4, -0.2) is 42.5 Å². The average molecular weight is 535 g/mol. The molecule has 0 aliphatic rings. The molecule has 4 aromatic rings. The number of nitrogen functional groups attached to an aromatic ring is 1. The van der Waals surface area contributed by atoms with E-state index >= 15 is 0 Å². The Bertz CT molecular complexity index is 1290. The van der Waals surface area contributed by atoms with Gasteiger partial charge in [-0.05, 0) is 12.1 Å². The van der Waals surface area contributed by atoms with E-state index in [0.717, 1.165) is 34.3 Å². The van der Waals surface area contributed by atoms with Crippen molar-refractivity contribution >= 4 is 25.0 Å². The summed E-state index contributed by atoms with van der Waals surface area (Å²) in [5, 5.41) is 9.77. The summed E-state index contributed by atoms with van der Waals surface area (Å²) in [6, 6.07) is 21.6. The first-order valence-corrected chi connectivity index (χ1v) is 15.7. The van der Waals surface area contributed by atoms with Crippen molar-refractivity contribution in [3.8, 4) is 17.1 Å². The predicted octanol–water partition coefficient (Wildman–Crippen LogP) is 3.27. The molecule has 1 atom stereocenters. The summed E-state index contributed by atoms with van der Waals surface area (Å²) in [6.07, 6.45) is 3.06. The van der Waals surface area contributed by atoms with Gasteiger partial charge in [0.15, 0.2) is 0 Å². The van der Waals surface area contributed by atoms with Gasteiger partial charge in [-0.25, -0.2) is 0 Å². The van der Waals surface area contributed by atoms with Gasteiger partial charge in [0.25, 0.3) is 0 Å². The fraction of sp³-hybridized carbons (Fsp3) is 0.259. The number of rotatable bonds is 11. The Kier molecular flexibility index (Phi) is 8.45. The number of anilines is 1. The summed E-state index contributed by atoms with van der Waals surface area (Å²) >= 11 is -1.34. The molecule has 3 N–H and O–H groups in total. The first-order valence-electron chi connectivity index (χ1n) is 11.6. The molecule has 2 aromatic heterocycles. The van der Waals surface area contributed by atoms with Crippen LogP contribution in [0, 0.1) is 0 Å². The summed E-state index contributed by atoms with van der Waals surface area (Å²) in [7, 11) is 0. The van der Waals surface area contributed by atoms with Gasteiger partial charge in [0.05, 0.1) is 6.26 Å². The summed E-state index contributed by atoms with van der Waals surface area (Å²) in [4.78, 5) is 17.3. The van der Waals surface area contributed by atoms with Crippen LogP contribution in [0.15, 0.2) is 82.2 Å². The molecule has 0 amide bonds. The van der Waals surface area contributed by atoms with Crippen LogP contribution in [0.25, 0.3) is 11.3 Å². The number of aliphatic hydroxyl groups is 1. The van der Waals surface area contributed by atoms with Gasteiger partial charge in [-0.3, -0.25) is 0 Å². The van der Waals surface area contributed by atoms with Crippen molar-refractivity contribution in [2.24, 2.45) is 0 Å². The Balaban J connectivity index is 1.35. The van der Waals surface area contributed by atoms with E-state index in [1.807, 2.05) is 36.4 Å². The predicted molar refractivity (Wildman–Crippen MR) is 140 cm³/mol. The molecule has 0 bridgehead atoms. The summed E-state index contributed by atoms with van der Waals surface area (Å²) < 4.78 is 13.8. The van der Waals surface area contributed by atoms with E-state index in [4.69, 9.17) is 20.0 Å². The number of ether oxygens (including phenoxy) is 1. The Morgan fingerprint density at radius 1 is 1.09 bits per heavy atom. The third kappa shape index (κ3) is 6.65. The maximum atomic E-state index is 12.8. The van der Waals surface area contributed by atoms with Gasteiger partial charge in [0.1, 0.15) is 0 Å². The molecule has 182 valence electrons. The third-order valence-corrected chi connectivity index (χ3v) is 10.1.